The van der Waals surface area contributed by atoms with Gasteiger partial charge in [-0.25, -0.2) is 4.98 Å². The quantitative estimate of drug-likeness (QED) is 0.788. The highest BCUT2D eigenvalue weighted by atomic mass is 32.2. The summed E-state index contributed by atoms with van der Waals surface area (Å²) >= 11 is 3.29. The van der Waals surface area contributed by atoms with Gasteiger partial charge in [-0.2, -0.15) is 0 Å². The van der Waals surface area contributed by atoms with Gasteiger partial charge in [-0.15, -0.1) is 11.3 Å². The van der Waals surface area contributed by atoms with E-state index < -0.39 is 5.41 Å². The SMILES string of the molecule is CC(C)(CCSc1nccs1)C(N)=O. The van der Waals surface area contributed by atoms with Crippen molar-refractivity contribution in [3.63, 3.8) is 0 Å². The van der Waals surface area contributed by atoms with E-state index in [1.54, 1.807) is 29.3 Å². The molecule has 1 aromatic rings. The lowest BCUT2D eigenvalue weighted by Crippen LogP contribution is -2.31. The second-order valence-corrected chi connectivity index (χ2v) is 5.88. The zero-order valence-electron chi connectivity index (χ0n) is 8.32. The highest BCUT2D eigenvalue weighted by Crippen LogP contribution is 2.27. The first-order valence-corrected chi connectivity index (χ1v) is 6.21. The molecule has 0 aromatic carbocycles. The minimum atomic E-state index is -0.412. The molecule has 78 valence electrons. The Morgan fingerprint density at radius 1 is 1.71 bits per heavy atom. The summed E-state index contributed by atoms with van der Waals surface area (Å²) in [5, 5.41) is 1.95. The van der Waals surface area contributed by atoms with E-state index >= 15 is 0 Å². The van der Waals surface area contributed by atoms with Gasteiger partial charge in [0.05, 0.1) is 0 Å². The summed E-state index contributed by atoms with van der Waals surface area (Å²) in [5.74, 6) is 0.640. The molecule has 0 saturated heterocycles. The van der Waals surface area contributed by atoms with Gasteiger partial charge in [0, 0.05) is 22.7 Å². The number of primary amides is 1. The Hall–Kier alpha value is -0.550. The highest BCUT2D eigenvalue weighted by Gasteiger charge is 2.24. The van der Waals surface area contributed by atoms with E-state index in [9.17, 15) is 4.79 Å². The third-order valence-electron chi connectivity index (χ3n) is 2.03. The smallest absolute Gasteiger partial charge is 0.223 e. The first kappa shape index (κ1) is 11.5. The lowest BCUT2D eigenvalue weighted by atomic mass is 9.90. The molecule has 0 spiro atoms. The van der Waals surface area contributed by atoms with Crippen LogP contribution in [-0.2, 0) is 4.79 Å². The number of nitrogens with two attached hydrogens (primary N) is 1. The van der Waals surface area contributed by atoms with Crippen LogP contribution < -0.4 is 5.73 Å². The minimum Gasteiger partial charge on any atom is -0.369 e. The van der Waals surface area contributed by atoms with Gasteiger partial charge in [0.1, 0.15) is 4.34 Å². The number of hydrogen-bond donors (Lipinski definition) is 1. The molecule has 0 fully saturated rings. The van der Waals surface area contributed by atoms with Gasteiger partial charge in [-0.1, -0.05) is 25.6 Å². The Morgan fingerprint density at radius 2 is 2.43 bits per heavy atom. The van der Waals surface area contributed by atoms with E-state index in [0.717, 1.165) is 16.5 Å². The zero-order chi connectivity index (χ0) is 10.6. The van der Waals surface area contributed by atoms with Crippen molar-refractivity contribution in [2.45, 2.75) is 24.6 Å². The molecular weight excluding hydrogens is 216 g/mol. The largest absolute Gasteiger partial charge is 0.369 e. The van der Waals surface area contributed by atoms with Gasteiger partial charge >= 0.3 is 0 Å². The van der Waals surface area contributed by atoms with E-state index in [1.165, 1.54) is 0 Å². The van der Waals surface area contributed by atoms with Crippen molar-refractivity contribution in [2.24, 2.45) is 11.1 Å². The van der Waals surface area contributed by atoms with Crippen molar-refractivity contribution in [3.05, 3.63) is 11.6 Å². The number of thiazole rings is 1. The second kappa shape index (κ2) is 4.79. The monoisotopic (exact) mass is 230 g/mol. The number of carbonyl (C=O) groups excluding carboxylic acids is 1. The van der Waals surface area contributed by atoms with Crippen molar-refractivity contribution >= 4 is 29.0 Å². The van der Waals surface area contributed by atoms with E-state index in [1.807, 2.05) is 19.2 Å². The summed E-state index contributed by atoms with van der Waals surface area (Å²) in [4.78, 5) is 15.2. The average molecular weight is 230 g/mol. The van der Waals surface area contributed by atoms with Crippen LogP contribution in [-0.4, -0.2) is 16.6 Å². The number of amides is 1. The summed E-state index contributed by atoms with van der Waals surface area (Å²) in [6, 6.07) is 0. The third kappa shape index (κ3) is 3.31. The normalized spacial score (nSPS) is 11.6. The van der Waals surface area contributed by atoms with Crippen LogP contribution in [0, 0.1) is 5.41 Å². The van der Waals surface area contributed by atoms with Crippen LogP contribution in [0.3, 0.4) is 0 Å². The van der Waals surface area contributed by atoms with Crippen molar-refractivity contribution in [1.29, 1.82) is 0 Å². The predicted molar refractivity (Wildman–Crippen MR) is 60.4 cm³/mol. The summed E-state index contributed by atoms with van der Waals surface area (Å²) in [6.07, 6.45) is 2.57. The Kier molecular flexibility index (Phi) is 3.95. The molecule has 0 unspecified atom stereocenters. The molecule has 0 atom stereocenters. The molecule has 0 bridgehead atoms. The first-order valence-electron chi connectivity index (χ1n) is 4.34. The molecule has 1 heterocycles. The van der Waals surface area contributed by atoms with E-state index in [2.05, 4.69) is 4.98 Å². The van der Waals surface area contributed by atoms with Crippen LogP contribution in [0.2, 0.25) is 0 Å². The maximum atomic E-state index is 11.0. The molecule has 2 N–H and O–H groups in total. The van der Waals surface area contributed by atoms with Crippen LogP contribution in [0.4, 0.5) is 0 Å². The van der Waals surface area contributed by atoms with E-state index in [0.29, 0.717) is 0 Å². The molecular formula is C9H14N2OS2. The number of nitrogens with zero attached hydrogens (tertiary/aromatic N) is 1. The molecule has 0 aliphatic carbocycles. The number of aromatic nitrogens is 1. The Morgan fingerprint density at radius 3 is 2.93 bits per heavy atom. The Bertz CT molecular complexity index is 296. The molecule has 3 nitrogen and oxygen atoms in total. The van der Waals surface area contributed by atoms with Crippen LogP contribution >= 0.6 is 23.1 Å². The van der Waals surface area contributed by atoms with Crippen LogP contribution in [0.15, 0.2) is 15.9 Å². The Labute approximate surface area is 92.1 Å². The zero-order valence-corrected chi connectivity index (χ0v) is 9.95. The standard InChI is InChI=1S/C9H14N2OS2/c1-9(2,7(10)12)3-5-13-8-11-4-6-14-8/h4,6H,3,5H2,1-2H3,(H2,10,12). The summed E-state index contributed by atoms with van der Waals surface area (Å²) in [5.41, 5.74) is 4.86. The third-order valence-corrected chi connectivity index (χ3v) is 4.00. The van der Waals surface area contributed by atoms with Crippen molar-refractivity contribution < 1.29 is 4.79 Å². The van der Waals surface area contributed by atoms with Gasteiger partial charge in [0.2, 0.25) is 5.91 Å². The second-order valence-electron chi connectivity index (χ2n) is 3.64. The van der Waals surface area contributed by atoms with Crippen molar-refractivity contribution in [1.82, 2.24) is 4.98 Å². The molecule has 14 heavy (non-hydrogen) atoms. The number of thioether (sulfide) groups is 1. The lowest BCUT2D eigenvalue weighted by molar-refractivity contribution is -0.126. The van der Waals surface area contributed by atoms with Crippen LogP contribution in [0.1, 0.15) is 20.3 Å². The topological polar surface area (TPSA) is 56.0 Å². The van der Waals surface area contributed by atoms with Gasteiger partial charge < -0.3 is 5.73 Å². The van der Waals surface area contributed by atoms with Gasteiger partial charge in [-0.3, -0.25) is 4.79 Å². The number of hydrogen-bond acceptors (Lipinski definition) is 4. The minimum absolute atomic E-state index is 0.239. The number of carbonyl (C=O) groups is 1. The summed E-state index contributed by atoms with van der Waals surface area (Å²) < 4.78 is 1.05. The molecule has 0 aliphatic heterocycles. The van der Waals surface area contributed by atoms with E-state index in [-0.39, 0.29) is 5.91 Å². The summed E-state index contributed by atoms with van der Waals surface area (Å²) in [6.45, 7) is 3.75. The highest BCUT2D eigenvalue weighted by molar-refractivity contribution is 8.00. The molecule has 0 saturated carbocycles. The van der Waals surface area contributed by atoms with E-state index in [4.69, 9.17) is 5.73 Å². The fraction of sp³-hybridized carbons (Fsp3) is 0.556. The maximum Gasteiger partial charge on any atom is 0.223 e. The fourth-order valence-electron chi connectivity index (χ4n) is 0.798. The first-order chi connectivity index (χ1) is 6.52. The van der Waals surface area contributed by atoms with Crippen molar-refractivity contribution in [2.75, 3.05) is 5.75 Å². The predicted octanol–water partition coefficient (Wildman–Crippen LogP) is 2.14. The average Bonchev–Trinajstić information content (AvgIpc) is 2.56. The van der Waals surface area contributed by atoms with Gasteiger partial charge in [-0.05, 0) is 6.42 Å². The van der Waals surface area contributed by atoms with Crippen LogP contribution in [0.5, 0.6) is 0 Å². The maximum absolute atomic E-state index is 11.0. The van der Waals surface area contributed by atoms with Gasteiger partial charge in [0.25, 0.3) is 0 Å². The lowest BCUT2D eigenvalue weighted by Gasteiger charge is -2.19. The molecule has 1 amide bonds. The fourth-order valence-corrected chi connectivity index (χ4v) is 2.77. The molecule has 1 rings (SSSR count). The molecule has 0 aliphatic rings. The Balaban J connectivity index is 2.31. The summed E-state index contributed by atoms with van der Waals surface area (Å²) in [7, 11) is 0. The van der Waals surface area contributed by atoms with Crippen LogP contribution in [0.25, 0.3) is 0 Å². The molecule has 5 heteroatoms. The molecule has 0 radical (unpaired) electrons. The number of rotatable bonds is 5. The molecule has 1 aromatic heterocycles. The van der Waals surface area contributed by atoms with Crippen molar-refractivity contribution in [3.8, 4) is 0 Å². The van der Waals surface area contributed by atoms with Gasteiger partial charge in [0.15, 0.2) is 0 Å².